The topological polar surface area (TPSA) is 55.4 Å². The Labute approximate surface area is 90.4 Å². The number of carbonyl (C=O) groups is 2. The van der Waals surface area contributed by atoms with Crippen molar-refractivity contribution in [2.45, 2.75) is 39.0 Å². The summed E-state index contributed by atoms with van der Waals surface area (Å²) >= 11 is 0. The average molecular weight is 213 g/mol. The minimum absolute atomic E-state index is 0.000602. The first-order valence-corrected chi connectivity index (χ1v) is 5.64. The number of rotatable bonds is 5. The smallest absolute Gasteiger partial charge is 0.325 e. The highest BCUT2D eigenvalue weighted by Gasteiger charge is 2.18. The molecule has 0 saturated heterocycles. The van der Waals surface area contributed by atoms with Crippen LogP contribution in [0.5, 0.6) is 0 Å². The van der Waals surface area contributed by atoms with E-state index in [1.165, 1.54) is 12.8 Å². The molecule has 1 aliphatic rings. The summed E-state index contributed by atoms with van der Waals surface area (Å²) in [5, 5.41) is 2.58. The Kier molecular flexibility index (Phi) is 5.15. The largest absolute Gasteiger partial charge is 0.465 e. The molecule has 1 aliphatic carbocycles. The summed E-state index contributed by atoms with van der Waals surface area (Å²) in [4.78, 5) is 22.3. The van der Waals surface area contributed by atoms with Gasteiger partial charge in [0.1, 0.15) is 6.54 Å². The molecular weight excluding hydrogens is 194 g/mol. The zero-order valence-electron chi connectivity index (χ0n) is 9.25. The predicted molar refractivity (Wildman–Crippen MR) is 56.2 cm³/mol. The highest BCUT2D eigenvalue weighted by molar-refractivity contribution is 5.81. The van der Waals surface area contributed by atoms with Gasteiger partial charge in [0.05, 0.1) is 6.61 Å². The van der Waals surface area contributed by atoms with Crippen molar-refractivity contribution >= 4 is 11.9 Å². The first-order valence-electron chi connectivity index (χ1n) is 5.64. The van der Waals surface area contributed by atoms with Crippen molar-refractivity contribution in [3.63, 3.8) is 0 Å². The average Bonchev–Trinajstić information content (AvgIpc) is 2.68. The Balaban J connectivity index is 2.10. The fourth-order valence-electron chi connectivity index (χ4n) is 1.93. The number of amides is 1. The lowest BCUT2D eigenvalue weighted by molar-refractivity contribution is -0.143. The molecule has 0 spiro atoms. The van der Waals surface area contributed by atoms with E-state index in [-0.39, 0.29) is 18.4 Å². The van der Waals surface area contributed by atoms with Gasteiger partial charge < -0.3 is 10.1 Å². The maximum absolute atomic E-state index is 11.4. The number of ether oxygens (including phenoxy) is 1. The van der Waals surface area contributed by atoms with Crippen LogP contribution in [-0.4, -0.2) is 25.0 Å². The van der Waals surface area contributed by atoms with Crippen LogP contribution >= 0.6 is 0 Å². The molecule has 0 bridgehead atoms. The van der Waals surface area contributed by atoms with Crippen LogP contribution in [-0.2, 0) is 14.3 Å². The van der Waals surface area contributed by atoms with E-state index in [4.69, 9.17) is 4.74 Å². The van der Waals surface area contributed by atoms with E-state index in [0.717, 1.165) is 12.8 Å². The number of hydrogen-bond donors (Lipinski definition) is 1. The van der Waals surface area contributed by atoms with Gasteiger partial charge in [0.2, 0.25) is 5.91 Å². The van der Waals surface area contributed by atoms with Crippen molar-refractivity contribution in [2.24, 2.45) is 5.92 Å². The molecule has 1 saturated carbocycles. The van der Waals surface area contributed by atoms with Crippen LogP contribution < -0.4 is 5.32 Å². The summed E-state index contributed by atoms with van der Waals surface area (Å²) in [5.41, 5.74) is 0. The number of nitrogens with one attached hydrogen (secondary N) is 1. The molecule has 0 aromatic carbocycles. The molecule has 0 radical (unpaired) electrons. The van der Waals surface area contributed by atoms with Crippen LogP contribution in [0.1, 0.15) is 39.0 Å². The van der Waals surface area contributed by atoms with Gasteiger partial charge in [0, 0.05) is 6.42 Å². The van der Waals surface area contributed by atoms with Crippen LogP contribution in [0.3, 0.4) is 0 Å². The number of hydrogen-bond acceptors (Lipinski definition) is 3. The highest BCUT2D eigenvalue weighted by Crippen LogP contribution is 2.27. The summed E-state index contributed by atoms with van der Waals surface area (Å²) in [6, 6.07) is 0. The molecule has 4 heteroatoms. The molecule has 0 atom stereocenters. The van der Waals surface area contributed by atoms with Crippen LogP contribution in [0.4, 0.5) is 0 Å². The van der Waals surface area contributed by atoms with Crippen molar-refractivity contribution in [2.75, 3.05) is 13.2 Å². The van der Waals surface area contributed by atoms with E-state index in [2.05, 4.69) is 5.32 Å². The number of carbonyl (C=O) groups excluding carboxylic acids is 2. The normalized spacial score (nSPS) is 16.3. The molecule has 0 aromatic heterocycles. The van der Waals surface area contributed by atoms with Crippen molar-refractivity contribution in [3.05, 3.63) is 0 Å². The quantitative estimate of drug-likeness (QED) is 0.699. The van der Waals surface area contributed by atoms with Gasteiger partial charge in [-0.3, -0.25) is 9.59 Å². The van der Waals surface area contributed by atoms with Crippen molar-refractivity contribution in [1.82, 2.24) is 5.32 Å². The molecule has 0 heterocycles. The van der Waals surface area contributed by atoms with E-state index in [9.17, 15) is 9.59 Å². The molecule has 1 fully saturated rings. The minimum Gasteiger partial charge on any atom is -0.465 e. The molecule has 4 nitrogen and oxygen atoms in total. The van der Waals surface area contributed by atoms with E-state index >= 15 is 0 Å². The fourth-order valence-corrected chi connectivity index (χ4v) is 1.93. The first-order chi connectivity index (χ1) is 7.22. The zero-order valence-corrected chi connectivity index (χ0v) is 9.25. The molecule has 15 heavy (non-hydrogen) atoms. The summed E-state index contributed by atoms with van der Waals surface area (Å²) in [5.74, 6) is 0.124. The van der Waals surface area contributed by atoms with Crippen LogP contribution in [0.2, 0.25) is 0 Å². The molecule has 0 aromatic rings. The Morgan fingerprint density at radius 3 is 2.60 bits per heavy atom. The minimum atomic E-state index is -0.364. The second-order valence-electron chi connectivity index (χ2n) is 3.94. The maximum atomic E-state index is 11.4. The van der Waals surface area contributed by atoms with Gasteiger partial charge in [-0.05, 0) is 25.7 Å². The van der Waals surface area contributed by atoms with Gasteiger partial charge in [-0.25, -0.2) is 0 Å². The second-order valence-corrected chi connectivity index (χ2v) is 3.94. The molecule has 86 valence electrons. The lowest BCUT2D eigenvalue weighted by atomic mass is 10.0. The monoisotopic (exact) mass is 213 g/mol. The van der Waals surface area contributed by atoms with Crippen molar-refractivity contribution in [1.29, 1.82) is 0 Å². The molecule has 1 amide bonds. The summed E-state index contributed by atoms with van der Waals surface area (Å²) in [6.07, 6.45) is 5.31. The third-order valence-electron chi connectivity index (χ3n) is 2.68. The van der Waals surface area contributed by atoms with Gasteiger partial charge in [0.25, 0.3) is 0 Å². The van der Waals surface area contributed by atoms with E-state index in [1.807, 2.05) is 0 Å². The van der Waals surface area contributed by atoms with Crippen molar-refractivity contribution < 1.29 is 14.3 Å². The lowest BCUT2D eigenvalue weighted by Crippen LogP contribution is -2.31. The van der Waals surface area contributed by atoms with Gasteiger partial charge in [-0.15, -0.1) is 0 Å². The second kappa shape index (κ2) is 6.43. The molecular formula is C11H19NO3. The fraction of sp³-hybridized carbons (Fsp3) is 0.818. The first kappa shape index (κ1) is 12.0. The van der Waals surface area contributed by atoms with Gasteiger partial charge in [-0.1, -0.05) is 12.8 Å². The maximum Gasteiger partial charge on any atom is 0.325 e. The standard InChI is InChI=1S/C11H19NO3/c1-2-15-11(14)8-12-10(13)7-9-5-3-4-6-9/h9H,2-8H2,1H3,(H,12,13). The van der Waals surface area contributed by atoms with E-state index in [1.54, 1.807) is 6.92 Å². The van der Waals surface area contributed by atoms with Crippen molar-refractivity contribution in [3.8, 4) is 0 Å². The Morgan fingerprint density at radius 2 is 2.00 bits per heavy atom. The Morgan fingerprint density at radius 1 is 1.33 bits per heavy atom. The summed E-state index contributed by atoms with van der Waals surface area (Å²) in [6.45, 7) is 2.11. The van der Waals surface area contributed by atoms with Crippen LogP contribution in [0.15, 0.2) is 0 Å². The molecule has 1 N–H and O–H groups in total. The molecule has 0 aliphatic heterocycles. The lowest BCUT2D eigenvalue weighted by Gasteiger charge is -2.08. The Hall–Kier alpha value is -1.06. The van der Waals surface area contributed by atoms with Crippen LogP contribution in [0.25, 0.3) is 0 Å². The third kappa shape index (κ3) is 4.81. The van der Waals surface area contributed by atoms with Gasteiger partial charge >= 0.3 is 5.97 Å². The Bertz CT molecular complexity index is 222. The SMILES string of the molecule is CCOC(=O)CNC(=O)CC1CCCC1. The van der Waals surface area contributed by atoms with E-state index in [0.29, 0.717) is 18.9 Å². The van der Waals surface area contributed by atoms with Gasteiger partial charge in [-0.2, -0.15) is 0 Å². The zero-order chi connectivity index (χ0) is 11.1. The molecule has 1 rings (SSSR count). The predicted octanol–water partition coefficient (Wildman–Crippen LogP) is 1.25. The highest BCUT2D eigenvalue weighted by atomic mass is 16.5. The van der Waals surface area contributed by atoms with E-state index < -0.39 is 0 Å². The third-order valence-corrected chi connectivity index (χ3v) is 2.68. The summed E-state index contributed by atoms with van der Waals surface area (Å²) < 4.78 is 4.71. The van der Waals surface area contributed by atoms with Gasteiger partial charge in [0.15, 0.2) is 0 Å². The number of esters is 1. The molecule has 0 unspecified atom stereocenters. The summed E-state index contributed by atoms with van der Waals surface area (Å²) in [7, 11) is 0. The van der Waals surface area contributed by atoms with Crippen LogP contribution in [0, 0.1) is 5.92 Å².